The topological polar surface area (TPSA) is 97.5 Å². The molecule has 1 rings (SSSR count). The molecule has 5 nitrogen and oxygen atoms in total. The van der Waals surface area contributed by atoms with E-state index in [1.165, 1.54) is 18.2 Å². The summed E-state index contributed by atoms with van der Waals surface area (Å²) >= 11 is 0. The Balaban J connectivity index is 3.07. The molecule has 0 saturated heterocycles. The Bertz CT molecular complexity index is 493. The Morgan fingerprint density at radius 2 is 2.07 bits per heavy atom. The minimum Gasteiger partial charge on any atom is -0.478 e. The molecule has 0 heterocycles. The standard InChI is InChI=1S/C9H11NO4S/c1-15(13,14)5-6-2-3-7(9(11)12)8(10)4-6/h2-4H,5,10H2,1H3,(H,11,12). The fourth-order valence-electron chi connectivity index (χ4n) is 1.20. The van der Waals surface area contributed by atoms with E-state index >= 15 is 0 Å². The first-order valence-electron chi connectivity index (χ1n) is 4.09. The zero-order valence-electron chi connectivity index (χ0n) is 8.10. The molecule has 0 fully saturated rings. The normalized spacial score (nSPS) is 11.3. The van der Waals surface area contributed by atoms with Gasteiger partial charge < -0.3 is 10.8 Å². The van der Waals surface area contributed by atoms with Gasteiger partial charge in [0.2, 0.25) is 0 Å². The number of hydrogen-bond donors (Lipinski definition) is 2. The minimum absolute atomic E-state index is 0.0211. The van der Waals surface area contributed by atoms with Crippen LogP contribution in [0.15, 0.2) is 18.2 Å². The van der Waals surface area contributed by atoms with E-state index in [0.717, 1.165) is 6.26 Å². The highest BCUT2D eigenvalue weighted by Crippen LogP contribution is 2.15. The van der Waals surface area contributed by atoms with Crippen molar-refractivity contribution < 1.29 is 18.3 Å². The van der Waals surface area contributed by atoms with Crippen LogP contribution >= 0.6 is 0 Å². The van der Waals surface area contributed by atoms with Gasteiger partial charge in [-0.25, -0.2) is 13.2 Å². The first-order chi connectivity index (χ1) is 6.79. The molecule has 1 aromatic carbocycles. The molecule has 0 radical (unpaired) electrons. The maximum atomic E-state index is 11.0. The Morgan fingerprint density at radius 3 is 2.47 bits per heavy atom. The van der Waals surface area contributed by atoms with E-state index in [0.29, 0.717) is 5.56 Å². The lowest BCUT2D eigenvalue weighted by Gasteiger charge is -2.04. The van der Waals surface area contributed by atoms with Gasteiger partial charge in [0.05, 0.1) is 11.3 Å². The van der Waals surface area contributed by atoms with Crippen molar-refractivity contribution in [2.75, 3.05) is 12.0 Å². The molecular formula is C9H11NO4S. The van der Waals surface area contributed by atoms with E-state index in [-0.39, 0.29) is 17.0 Å². The maximum Gasteiger partial charge on any atom is 0.337 e. The van der Waals surface area contributed by atoms with Gasteiger partial charge in [0.1, 0.15) is 0 Å². The van der Waals surface area contributed by atoms with Crippen molar-refractivity contribution in [1.82, 2.24) is 0 Å². The molecule has 0 atom stereocenters. The highest BCUT2D eigenvalue weighted by molar-refractivity contribution is 7.89. The van der Waals surface area contributed by atoms with Crippen LogP contribution in [0, 0.1) is 0 Å². The van der Waals surface area contributed by atoms with Crippen LogP contribution in [0.25, 0.3) is 0 Å². The molecule has 6 heteroatoms. The molecule has 0 unspecified atom stereocenters. The van der Waals surface area contributed by atoms with E-state index in [9.17, 15) is 13.2 Å². The average molecular weight is 229 g/mol. The summed E-state index contributed by atoms with van der Waals surface area (Å²) in [5.41, 5.74) is 6.00. The minimum atomic E-state index is -3.13. The molecule has 0 bridgehead atoms. The second-order valence-electron chi connectivity index (χ2n) is 3.30. The first-order valence-corrected chi connectivity index (χ1v) is 6.15. The second-order valence-corrected chi connectivity index (χ2v) is 5.44. The largest absolute Gasteiger partial charge is 0.478 e. The van der Waals surface area contributed by atoms with Crippen molar-refractivity contribution >= 4 is 21.5 Å². The predicted molar refractivity (Wildman–Crippen MR) is 56.4 cm³/mol. The van der Waals surface area contributed by atoms with Crippen molar-refractivity contribution in [2.45, 2.75) is 5.75 Å². The highest BCUT2D eigenvalue weighted by Gasteiger charge is 2.10. The molecule has 0 amide bonds. The number of carboxylic acids is 1. The monoisotopic (exact) mass is 229 g/mol. The summed E-state index contributed by atoms with van der Waals surface area (Å²) in [5.74, 6) is -1.27. The number of aromatic carboxylic acids is 1. The van der Waals surface area contributed by atoms with E-state index in [4.69, 9.17) is 10.8 Å². The fourth-order valence-corrected chi connectivity index (χ4v) is 1.98. The van der Waals surface area contributed by atoms with Crippen LogP contribution in [-0.4, -0.2) is 25.7 Å². The van der Waals surface area contributed by atoms with Gasteiger partial charge in [-0.1, -0.05) is 6.07 Å². The van der Waals surface area contributed by atoms with E-state index in [1.807, 2.05) is 0 Å². The van der Waals surface area contributed by atoms with Gasteiger partial charge in [-0.3, -0.25) is 0 Å². The van der Waals surface area contributed by atoms with Crippen molar-refractivity contribution in [3.8, 4) is 0 Å². The predicted octanol–water partition coefficient (Wildman–Crippen LogP) is 0.512. The summed E-state index contributed by atoms with van der Waals surface area (Å²) in [6.45, 7) is 0. The van der Waals surface area contributed by atoms with Crippen molar-refractivity contribution in [1.29, 1.82) is 0 Å². The van der Waals surface area contributed by atoms with Gasteiger partial charge in [0.15, 0.2) is 9.84 Å². The summed E-state index contributed by atoms with van der Waals surface area (Å²) in [6, 6.07) is 4.11. The molecule has 0 aromatic heterocycles. The molecule has 82 valence electrons. The smallest absolute Gasteiger partial charge is 0.337 e. The maximum absolute atomic E-state index is 11.0. The zero-order valence-corrected chi connectivity index (χ0v) is 8.91. The van der Waals surface area contributed by atoms with Gasteiger partial charge in [-0.15, -0.1) is 0 Å². The lowest BCUT2D eigenvalue weighted by atomic mass is 10.1. The SMILES string of the molecule is CS(=O)(=O)Cc1ccc(C(=O)O)c(N)c1. The third-order valence-electron chi connectivity index (χ3n) is 1.78. The van der Waals surface area contributed by atoms with Crippen LogP contribution in [0.5, 0.6) is 0 Å². The molecule has 0 spiro atoms. The van der Waals surface area contributed by atoms with Crippen molar-refractivity contribution in [3.05, 3.63) is 29.3 Å². The zero-order chi connectivity index (χ0) is 11.6. The second kappa shape index (κ2) is 3.90. The number of carbonyl (C=O) groups is 1. The molecule has 0 aliphatic carbocycles. The highest BCUT2D eigenvalue weighted by atomic mass is 32.2. The molecule has 0 aliphatic rings. The van der Waals surface area contributed by atoms with Crippen LogP contribution in [0.3, 0.4) is 0 Å². The third-order valence-corrected chi connectivity index (χ3v) is 2.63. The van der Waals surface area contributed by atoms with Crippen LogP contribution in [0.2, 0.25) is 0 Å². The molecular weight excluding hydrogens is 218 g/mol. The number of hydrogen-bond acceptors (Lipinski definition) is 4. The Hall–Kier alpha value is -1.56. The number of sulfone groups is 1. The summed E-state index contributed by atoms with van der Waals surface area (Å²) in [4.78, 5) is 10.6. The molecule has 0 aliphatic heterocycles. The van der Waals surface area contributed by atoms with Crippen LogP contribution < -0.4 is 5.73 Å². The summed E-state index contributed by atoms with van der Waals surface area (Å²) in [6.07, 6.45) is 1.11. The van der Waals surface area contributed by atoms with Crippen LogP contribution in [0.1, 0.15) is 15.9 Å². The quantitative estimate of drug-likeness (QED) is 0.736. The molecule has 15 heavy (non-hydrogen) atoms. The number of nitrogen functional groups attached to an aromatic ring is 1. The van der Waals surface area contributed by atoms with E-state index in [2.05, 4.69) is 0 Å². The Morgan fingerprint density at radius 1 is 1.47 bits per heavy atom. The van der Waals surface area contributed by atoms with Gasteiger partial charge >= 0.3 is 5.97 Å². The number of carboxylic acid groups (broad SMARTS) is 1. The van der Waals surface area contributed by atoms with Crippen LogP contribution in [-0.2, 0) is 15.6 Å². The average Bonchev–Trinajstić information content (AvgIpc) is 1.99. The molecule has 0 saturated carbocycles. The van der Waals surface area contributed by atoms with Crippen LogP contribution in [0.4, 0.5) is 5.69 Å². The van der Waals surface area contributed by atoms with Crippen molar-refractivity contribution in [3.63, 3.8) is 0 Å². The van der Waals surface area contributed by atoms with E-state index < -0.39 is 15.8 Å². The van der Waals surface area contributed by atoms with Gasteiger partial charge in [-0.2, -0.15) is 0 Å². The number of benzene rings is 1. The summed E-state index contributed by atoms with van der Waals surface area (Å²) < 4.78 is 21.9. The Kier molecular flexibility index (Phi) is 2.99. The van der Waals surface area contributed by atoms with Crippen molar-refractivity contribution in [2.24, 2.45) is 0 Å². The summed E-state index contributed by atoms with van der Waals surface area (Å²) in [7, 11) is -3.13. The fraction of sp³-hybridized carbons (Fsp3) is 0.222. The molecule has 3 N–H and O–H groups in total. The first kappa shape index (κ1) is 11.5. The number of nitrogens with two attached hydrogens (primary N) is 1. The van der Waals surface area contributed by atoms with Gasteiger partial charge in [-0.05, 0) is 17.7 Å². The lowest BCUT2D eigenvalue weighted by molar-refractivity contribution is 0.0698. The Labute approximate surface area is 87.4 Å². The third kappa shape index (κ3) is 3.25. The number of rotatable bonds is 3. The summed E-state index contributed by atoms with van der Waals surface area (Å²) in [5, 5.41) is 8.69. The lowest BCUT2D eigenvalue weighted by Crippen LogP contribution is -2.05. The molecule has 1 aromatic rings. The van der Waals surface area contributed by atoms with Gasteiger partial charge in [0.25, 0.3) is 0 Å². The van der Waals surface area contributed by atoms with Gasteiger partial charge in [0, 0.05) is 11.9 Å². The number of anilines is 1. The van der Waals surface area contributed by atoms with E-state index in [1.54, 1.807) is 0 Å².